The number of hydrogen-bond acceptors (Lipinski definition) is 7. The van der Waals surface area contributed by atoms with Gasteiger partial charge in [0.15, 0.2) is 11.5 Å². The largest absolute Gasteiger partial charge is 0.493 e. The molecule has 1 atom stereocenters. The van der Waals surface area contributed by atoms with Gasteiger partial charge >= 0.3 is 5.97 Å². The van der Waals surface area contributed by atoms with Crippen LogP contribution in [0.2, 0.25) is 5.02 Å². The highest BCUT2D eigenvalue weighted by molar-refractivity contribution is 8.26. The van der Waals surface area contributed by atoms with Crippen molar-refractivity contribution in [3.05, 3.63) is 63.5 Å². The Morgan fingerprint density at radius 3 is 2.75 bits per heavy atom. The Hall–Kier alpha value is -2.39. The van der Waals surface area contributed by atoms with Crippen molar-refractivity contribution >= 4 is 57.9 Å². The van der Waals surface area contributed by atoms with Crippen molar-refractivity contribution < 1.29 is 23.8 Å². The lowest BCUT2D eigenvalue weighted by atomic mass is 10.1. The number of esters is 1. The van der Waals surface area contributed by atoms with E-state index in [2.05, 4.69) is 0 Å². The maximum atomic E-state index is 12.8. The Balaban J connectivity index is 1.49. The highest BCUT2D eigenvalue weighted by atomic mass is 35.5. The monoisotopic (exact) mass is 489 g/mol. The Morgan fingerprint density at radius 2 is 2.06 bits per heavy atom. The normalized spacial score (nSPS) is 19.6. The van der Waals surface area contributed by atoms with Gasteiger partial charge in [0.05, 0.1) is 30.2 Å². The molecule has 2 aromatic rings. The number of rotatable bonds is 6. The van der Waals surface area contributed by atoms with Crippen LogP contribution in [0.15, 0.2) is 47.4 Å². The first-order chi connectivity index (χ1) is 15.4. The number of methoxy groups -OCH3 is 1. The van der Waals surface area contributed by atoms with Crippen LogP contribution in [-0.2, 0) is 9.53 Å². The molecule has 1 unspecified atom stereocenters. The SMILES string of the molecule is COc1cc(C=C2SC(=S)N(CC3CCCO3)C2=O)ccc1OC(=O)c1ccc(Cl)cc1. The van der Waals surface area contributed by atoms with E-state index in [1.807, 2.05) is 0 Å². The van der Waals surface area contributed by atoms with Gasteiger partial charge in [-0.1, -0.05) is 41.6 Å². The average molecular weight is 490 g/mol. The summed E-state index contributed by atoms with van der Waals surface area (Å²) in [4.78, 5) is 27.4. The van der Waals surface area contributed by atoms with Gasteiger partial charge < -0.3 is 14.2 Å². The second kappa shape index (κ2) is 10.0. The number of nitrogens with zero attached hydrogens (tertiary/aromatic N) is 1. The minimum Gasteiger partial charge on any atom is -0.493 e. The molecule has 2 fully saturated rings. The third-order valence-electron chi connectivity index (χ3n) is 5.05. The van der Waals surface area contributed by atoms with E-state index in [1.54, 1.807) is 53.4 Å². The second-order valence-corrected chi connectivity index (χ2v) is 9.35. The summed E-state index contributed by atoms with van der Waals surface area (Å²) >= 11 is 12.5. The van der Waals surface area contributed by atoms with Crippen LogP contribution in [0.25, 0.3) is 6.08 Å². The van der Waals surface area contributed by atoms with Gasteiger partial charge in [-0.25, -0.2) is 4.79 Å². The van der Waals surface area contributed by atoms with Gasteiger partial charge in [0.1, 0.15) is 4.32 Å². The molecule has 166 valence electrons. The zero-order valence-corrected chi connectivity index (χ0v) is 19.6. The molecule has 2 aromatic carbocycles. The van der Waals surface area contributed by atoms with E-state index in [0.717, 1.165) is 25.0 Å². The summed E-state index contributed by atoms with van der Waals surface area (Å²) in [5.41, 5.74) is 1.10. The van der Waals surface area contributed by atoms with Crippen molar-refractivity contribution in [1.82, 2.24) is 4.90 Å². The molecule has 0 aliphatic carbocycles. The second-order valence-electron chi connectivity index (χ2n) is 7.23. The van der Waals surface area contributed by atoms with Crippen LogP contribution < -0.4 is 9.47 Å². The van der Waals surface area contributed by atoms with Crippen LogP contribution in [0, 0.1) is 0 Å². The molecule has 32 heavy (non-hydrogen) atoms. The quantitative estimate of drug-likeness (QED) is 0.246. The molecular weight excluding hydrogens is 470 g/mol. The van der Waals surface area contributed by atoms with Crippen molar-refractivity contribution in [2.45, 2.75) is 18.9 Å². The third-order valence-corrected chi connectivity index (χ3v) is 6.68. The first kappa shape index (κ1) is 22.8. The summed E-state index contributed by atoms with van der Waals surface area (Å²) in [5, 5.41) is 0.532. The predicted octanol–water partition coefficient (Wildman–Crippen LogP) is 4.95. The van der Waals surface area contributed by atoms with Crippen LogP contribution in [0.1, 0.15) is 28.8 Å². The van der Waals surface area contributed by atoms with Gasteiger partial charge in [-0.2, -0.15) is 0 Å². The standard InChI is InChI=1S/C23H20ClNO5S2/c1-28-19-11-14(4-9-18(19)30-22(27)15-5-7-16(24)8-6-15)12-20-21(26)25(23(31)32-20)13-17-3-2-10-29-17/h4-9,11-12,17H,2-3,10,13H2,1H3. The number of carbonyl (C=O) groups is 2. The summed E-state index contributed by atoms with van der Waals surface area (Å²) in [6.07, 6.45) is 3.72. The number of ether oxygens (including phenoxy) is 3. The molecule has 0 saturated carbocycles. The van der Waals surface area contributed by atoms with Crippen molar-refractivity contribution in [1.29, 1.82) is 0 Å². The van der Waals surface area contributed by atoms with E-state index >= 15 is 0 Å². The van der Waals surface area contributed by atoms with Crippen molar-refractivity contribution in [3.63, 3.8) is 0 Å². The number of hydrogen-bond donors (Lipinski definition) is 0. The van der Waals surface area contributed by atoms with Gasteiger partial charge in [0, 0.05) is 11.6 Å². The molecule has 2 heterocycles. The fraction of sp³-hybridized carbons (Fsp3) is 0.261. The molecule has 0 bridgehead atoms. The fourth-order valence-corrected chi connectivity index (χ4v) is 4.80. The number of halogens is 1. The van der Waals surface area contributed by atoms with E-state index in [-0.39, 0.29) is 17.8 Å². The molecule has 2 saturated heterocycles. The molecule has 0 radical (unpaired) electrons. The van der Waals surface area contributed by atoms with Crippen LogP contribution in [-0.4, -0.2) is 47.5 Å². The first-order valence-corrected chi connectivity index (χ1v) is 11.6. The van der Waals surface area contributed by atoms with E-state index in [0.29, 0.717) is 32.1 Å². The van der Waals surface area contributed by atoms with E-state index < -0.39 is 5.97 Å². The number of thiocarbonyl (C=S) groups is 1. The molecule has 2 aliphatic rings. The van der Waals surface area contributed by atoms with Gasteiger partial charge in [-0.15, -0.1) is 0 Å². The van der Waals surface area contributed by atoms with E-state index in [1.165, 1.54) is 18.9 Å². The molecule has 9 heteroatoms. The summed E-state index contributed by atoms with van der Waals surface area (Å²) in [6, 6.07) is 11.5. The number of amides is 1. The van der Waals surface area contributed by atoms with E-state index in [9.17, 15) is 9.59 Å². The molecule has 0 N–H and O–H groups in total. The fourth-order valence-electron chi connectivity index (χ4n) is 3.40. The molecule has 4 rings (SSSR count). The van der Waals surface area contributed by atoms with Gasteiger partial charge in [-0.3, -0.25) is 9.69 Å². The number of thioether (sulfide) groups is 1. The Kier molecular flexibility index (Phi) is 7.15. The van der Waals surface area contributed by atoms with Gasteiger partial charge in [0.2, 0.25) is 0 Å². The van der Waals surface area contributed by atoms with Crippen molar-refractivity contribution in [2.24, 2.45) is 0 Å². The smallest absolute Gasteiger partial charge is 0.343 e. The molecule has 0 spiro atoms. The number of benzene rings is 2. The molecule has 6 nitrogen and oxygen atoms in total. The van der Waals surface area contributed by atoms with Gasteiger partial charge in [0.25, 0.3) is 5.91 Å². The van der Waals surface area contributed by atoms with Crippen LogP contribution >= 0.6 is 35.6 Å². The van der Waals surface area contributed by atoms with Crippen LogP contribution in [0.3, 0.4) is 0 Å². The Labute approximate surface area is 200 Å². The zero-order chi connectivity index (χ0) is 22.7. The average Bonchev–Trinajstić information content (AvgIpc) is 3.39. The summed E-state index contributed by atoms with van der Waals surface area (Å²) in [7, 11) is 1.49. The minimum absolute atomic E-state index is 0.0338. The first-order valence-electron chi connectivity index (χ1n) is 9.97. The lowest BCUT2D eigenvalue weighted by molar-refractivity contribution is -0.123. The highest BCUT2D eigenvalue weighted by Crippen LogP contribution is 2.35. The lowest BCUT2D eigenvalue weighted by Crippen LogP contribution is -2.35. The third kappa shape index (κ3) is 5.15. The zero-order valence-electron chi connectivity index (χ0n) is 17.2. The van der Waals surface area contributed by atoms with Crippen LogP contribution in [0.4, 0.5) is 0 Å². The maximum Gasteiger partial charge on any atom is 0.343 e. The van der Waals surface area contributed by atoms with Crippen molar-refractivity contribution in [3.8, 4) is 11.5 Å². The summed E-state index contributed by atoms with van der Waals surface area (Å²) in [5.74, 6) is -0.0122. The Bertz CT molecular complexity index is 1080. The minimum atomic E-state index is -0.525. The molecule has 2 aliphatic heterocycles. The summed E-state index contributed by atoms with van der Waals surface area (Å²) < 4.78 is 17.0. The highest BCUT2D eigenvalue weighted by Gasteiger charge is 2.34. The maximum absolute atomic E-state index is 12.8. The van der Waals surface area contributed by atoms with E-state index in [4.69, 9.17) is 38.0 Å². The van der Waals surface area contributed by atoms with Crippen molar-refractivity contribution in [2.75, 3.05) is 20.3 Å². The molecule has 0 aromatic heterocycles. The molecular formula is C23H20ClNO5S2. The predicted molar refractivity (Wildman–Crippen MR) is 128 cm³/mol. The van der Waals surface area contributed by atoms with Gasteiger partial charge in [-0.05, 0) is 60.9 Å². The number of carbonyl (C=O) groups excluding carboxylic acids is 2. The Morgan fingerprint density at radius 1 is 1.28 bits per heavy atom. The lowest BCUT2D eigenvalue weighted by Gasteiger charge is -2.18. The molecule has 1 amide bonds. The summed E-state index contributed by atoms with van der Waals surface area (Å²) in [6.45, 7) is 1.20. The van der Waals surface area contributed by atoms with Crippen LogP contribution in [0.5, 0.6) is 11.5 Å². The topological polar surface area (TPSA) is 65.1 Å².